The second-order valence-electron chi connectivity index (χ2n) is 4.62. The molecule has 1 aromatic rings. The number of aromatic nitrogens is 2. The highest BCUT2D eigenvalue weighted by atomic mass is 16.5. The normalized spacial score (nSPS) is 27.6. The van der Waals surface area contributed by atoms with Crippen molar-refractivity contribution >= 4 is 0 Å². The van der Waals surface area contributed by atoms with Crippen LogP contribution in [0.3, 0.4) is 0 Å². The quantitative estimate of drug-likeness (QED) is 0.807. The number of rotatable bonds is 2. The van der Waals surface area contributed by atoms with Gasteiger partial charge in [-0.15, -0.1) is 0 Å². The summed E-state index contributed by atoms with van der Waals surface area (Å²) in [5.74, 6) is 2.29. The molecular weight excluding hydrogens is 190 g/mol. The van der Waals surface area contributed by atoms with Crippen molar-refractivity contribution in [2.75, 3.05) is 6.54 Å². The Morgan fingerprint density at radius 3 is 2.60 bits per heavy atom. The third-order valence-corrected chi connectivity index (χ3v) is 3.55. The van der Waals surface area contributed by atoms with E-state index >= 15 is 0 Å². The van der Waals surface area contributed by atoms with Crippen LogP contribution >= 0.6 is 0 Å². The molecule has 82 valence electrons. The monoisotopic (exact) mass is 207 g/mol. The molecule has 3 rings (SSSR count). The summed E-state index contributed by atoms with van der Waals surface area (Å²) in [6, 6.07) is 0.329. The minimum atomic E-state index is 0.329. The predicted molar refractivity (Wildman–Crippen MR) is 55.5 cm³/mol. The molecule has 0 bridgehead atoms. The predicted octanol–water partition coefficient (Wildman–Crippen LogP) is 2.15. The maximum absolute atomic E-state index is 5.30. The Balaban J connectivity index is 1.71. The summed E-state index contributed by atoms with van der Waals surface area (Å²) in [7, 11) is 0. The first-order valence-corrected chi connectivity index (χ1v) is 6.00. The third kappa shape index (κ3) is 1.78. The SMILES string of the molecule is C1CCC(c2noc([C@H]3CCN3)n2)CC1. The van der Waals surface area contributed by atoms with Gasteiger partial charge in [0.2, 0.25) is 5.89 Å². The zero-order valence-corrected chi connectivity index (χ0v) is 8.91. The maximum Gasteiger partial charge on any atom is 0.243 e. The van der Waals surface area contributed by atoms with Crippen LogP contribution in [0.2, 0.25) is 0 Å². The summed E-state index contributed by atoms with van der Waals surface area (Å²) in [6.07, 6.45) is 7.60. The number of hydrogen-bond acceptors (Lipinski definition) is 4. The molecule has 2 heterocycles. The van der Waals surface area contributed by atoms with E-state index < -0.39 is 0 Å². The summed E-state index contributed by atoms with van der Waals surface area (Å²) in [6.45, 7) is 1.08. The van der Waals surface area contributed by atoms with Crippen LogP contribution < -0.4 is 5.32 Å². The smallest absolute Gasteiger partial charge is 0.243 e. The molecule has 0 amide bonds. The third-order valence-electron chi connectivity index (χ3n) is 3.55. The van der Waals surface area contributed by atoms with Crippen LogP contribution in [-0.4, -0.2) is 16.7 Å². The van der Waals surface area contributed by atoms with Crippen LogP contribution in [0.15, 0.2) is 4.52 Å². The molecule has 15 heavy (non-hydrogen) atoms. The van der Waals surface area contributed by atoms with Gasteiger partial charge in [-0.2, -0.15) is 4.98 Å². The highest BCUT2D eigenvalue weighted by Crippen LogP contribution is 2.32. The molecule has 1 N–H and O–H groups in total. The van der Waals surface area contributed by atoms with Crippen molar-refractivity contribution in [1.82, 2.24) is 15.5 Å². The minimum absolute atomic E-state index is 0.329. The van der Waals surface area contributed by atoms with Crippen molar-refractivity contribution in [3.8, 4) is 0 Å². The van der Waals surface area contributed by atoms with Crippen LogP contribution in [0, 0.1) is 0 Å². The van der Waals surface area contributed by atoms with Crippen molar-refractivity contribution in [2.45, 2.75) is 50.5 Å². The molecule has 1 aliphatic heterocycles. The summed E-state index contributed by atoms with van der Waals surface area (Å²) in [4.78, 5) is 4.52. The van der Waals surface area contributed by atoms with Gasteiger partial charge in [-0.1, -0.05) is 24.4 Å². The molecule has 4 heteroatoms. The number of hydrogen-bond donors (Lipinski definition) is 1. The zero-order valence-electron chi connectivity index (χ0n) is 8.91. The van der Waals surface area contributed by atoms with Gasteiger partial charge in [-0.25, -0.2) is 0 Å². The molecule has 1 atom stereocenters. The fourth-order valence-corrected chi connectivity index (χ4v) is 2.41. The summed E-state index contributed by atoms with van der Waals surface area (Å²) in [5, 5.41) is 7.40. The van der Waals surface area contributed by atoms with Crippen molar-refractivity contribution in [2.24, 2.45) is 0 Å². The number of nitrogens with one attached hydrogen (secondary N) is 1. The van der Waals surface area contributed by atoms with Gasteiger partial charge in [0.05, 0.1) is 6.04 Å². The van der Waals surface area contributed by atoms with Gasteiger partial charge in [0.1, 0.15) is 0 Å². The lowest BCUT2D eigenvalue weighted by Crippen LogP contribution is -2.35. The molecule has 4 nitrogen and oxygen atoms in total. The molecule has 0 radical (unpaired) electrons. The van der Waals surface area contributed by atoms with Gasteiger partial charge in [0, 0.05) is 5.92 Å². The van der Waals surface area contributed by atoms with Crippen molar-refractivity contribution in [3.63, 3.8) is 0 Å². The summed E-state index contributed by atoms with van der Waals surface area (Å²) >= 11 is 0. The van der Waals surface area contributed by atoms with Crippen molar-refractivity contribution < 1.29 is 4.52 Å². The van der Waals surface area contributed by atoms with E-state index in [-0.39, 0.29) is 0 Å². The second kappa shape index (κ2) is 3.93. The Kier molecular flexibility index (Phi) is 2.44. The van der Waals surface area contributed by atoms with Gasteiger partial charge in [-0.3, -0.25) is 0 Å². The van der Waals surface area contributed by atoms with Crippen LogP contribution in [0.1, 0.15) is 62.2 Å². The van der Waals surface area contributed by atoms with E-state index in [1.54, 1.807) is 0 Å². The van der Waals surface area contributed by atoms with Gasteiger partial charge in [0.15, 0.2) is 5.82 Å². The van der Waals surface area contributed by atoms with Gasteiger partial charge in [0.25, 0.3) is 0 Å². The summed E-state index contributed by atoms with van der Waals surface area (Å²) < 4.78 is 5.30. The topological polar surface area (TPSA) is 51.0 Å². The van der Waals surface area contributed by atoms with Crippen LogP contribution in [0.5, 0.6) is 0 Å². The van der Waals surface area contributed by atoms with Crippen LogP contribution in [0.25, 0.3) is 0 Å². The standard InChI is InChI=1S/C11H17N3O/c1-2-4-8(5-3-1)10-13-11(15-14-10)9-6-7-12-9/h8-9,12H,1-7H2/t9-/m1/s1. The molecule has 2 aliphatic rings. The molecule has 2 fully saturated rings. The first-order chi connectivity index (χ1) is 7.43. The van der Waals surface area contributed by atoms with E-state index in [1.165, 1.54) is 32.1 Å². The van der Waals surface area contributed by atoms with E-state index in [2.05, 4.69) is 15.5 Å². The molecule has 1 aromatic heterocycles. The Labute approximate surface area is 89.4 Å². The van der Waals surface area contributed by atoms with Gasteiger partial charge in [-0.05, 0) is 25.8 Å². The molecule has 1 aliphatic carbocycles. The Hall–Kier alpha value is -0.900. The lowest BCUT2D eigenvalue weighted by atomic mass is 9.89. The van der Waals surface area contributed by atoms with Crippen molar-refractivity contribution in [1.29, 1.82) is 0 Å². The molecule has 0 spiro atoms. The fraction of sp³-hybridized carbons (Fsp3) is 0.818. The first kappa shape index (κ1) is 9.33. The second-order valence-corrected chi connectivity index (χ2v) is 4.62. The molecule has 1 saturated carbocycles. The summed E-state index contributed by atoms with van der Waals surface area (Å²) in [5.41, 5.74) is 0. The highest BCUT2D eigenvalue weighted by Gasteiger charge is 2.27. The fourth-order valence-electron chi connectivity index (χ4n) is 2.41. The van der Waals surface area contributed by atoms with Gasteiger partial charge < -0.3 is 9.84 Å². The average Bonchev–Trinajstić information content (AvgIpc) is 2.66. The largest absolute Gasteiger partial charge is 0.338 e. The van der Waals surface area contributed by atoms with E-state index in [4.69, 9.17) is 4.52 Å². The molecule has 0 unspecified atom stereocenters. The first-order valence-electron chi connectivity index (χ1n) is 6.00. The van der Waals surface area contributed by atoms with E-state index in [9.17, 15) is 0 Å². The van der Waals surface area contributed by atoms with Crippen molar-refractivity contribution in [3.05, 3.63) is 11.7 Å². The highest BCUT2D eigenvalue weighted by molar-refractivity contribution is 5.01. The lowest BCUT2D eigenvalue weighted by Gasteiger charge is -2.23. The van der Waals surface area contributed by atoms with Crippen LogP contribution in [-0.2, 0) is 0 Å². The van der Waals surface area contributed by atoms with Gasteiger partial charge >= 0.3 is 0 Å². The Morgan fingerprint density at radius 1 is 1.13 bits per heavy atom. The molecule has 1 saturated heterocycles. The molecule has 0 aromatic carbocycles. The molecular formula is C11H17N3O. The zero-order chi connectivity index (χ0) is 10.1. The van der Waals surface area contributed by atoms with E-state index in [0.717, 1.165) is 24.7 Å². The maximum atomic E-state index is 5.30. The Morgan fingerprint density at radius 2 is 1.93 bits per heavy atom. The minimum Gasteiger partial charge on any atom is -0.338 e. The lowest BCUT2D eigenvalue weighted by molar-refractivity contribution is 0.271. The Bertz CT molecular complexity index is 326. The number of nitrogens with zero attached hydrogens (tertiary/aromatic N) is 2. The van der Waals surface area contributed by atoms with E-state index in [0.29, 0.717) is 12.0 Å². The van der Waals surface area contributed by atoms with Crippen LogP contribution in [0.4, 0.5) is 0 Å². The average molecular weight is 207 g/mol. The van der Waals surface area contributed by atoms with E-state index in [1.807, 2.05) is 0 Å².